The molecule has 0 radical (unpaired) electrons. The topological polar surface area (TPSA) is 38.7 Å². The van der Waals surface area contributed by atoms with Crippen LogP contribution in [0.4, 0.5) is 0 Å². The Balaban J connectivity index is 1.55. The van der Waals surface area contributed by atoms with Gasteiger partial charge in [-0.2, -0.15) is 0 Å². The number of hydrogen-bond donors (Lipinski definition) is 0. The van der Waals surface area contributed by atoms with Crippen molar-refractivity contribution in [2.75, 3.05) is 0 Å². The number of benzene rings is 5. The molecule has 0 bridgehead atoms. The third-order valence-corrected chi connectivity index (χ3v) is 6.47. The van der Waals surface area contributed by atoms with E-state index in [4.69, 9.17) is 26.6 Å². The molecule has 176 valence electrons. The second-order valence-corrected chi connectivity index (χ2v) is 9.11. The summed E-state index contributed by atoms with van der Waals surface area (Å²) in [4.78, 5) is 14.6. The van der Waals surface area contributed by atoms with Gasteiger partial charge in [0.1, 0.15) is 0 Å². The lowest BCUT2D eigenvalue weighted by molar-refractivity contribution is 1.07. The van der Waals surface area contributed by atoms with Gasteiger partial charge in [-0.3, -0.25) is 0 Å². The lowest BCUT2D eigenvalue weighted by atomic mass is 9.92. The first-order valence-electron chi connectivity index (χ1n) is 12.1. The normalized spacial score (nSPS) is 10.8. The van der Waals surface area contributed by atoms with Crippen LogP contribution in [0.25, 0.3) is 56.4 Å². The lowest BCUT2D eigenvalue weighted by Gasteiger charge is -2.13. The SMILES string of the molecule is Clc1ccc(-c2nc(-c3ccccc3)nc(-c3ccc(-c4ccccc4)c(-c4ccccc4)c3)n2)cc1. The number of halogens is 1. The van der Waals surface area contributed by atoms with Crippen molar-refractivity contribution in [1.82, 2.24) is 15.0 Å². The highest BCUT2D eigenvalue weighted by Crippen LogP contribution is 2.35. The van der Waals surface area contributed by atoms with Crippen LogP contribution in [0.2, 0.25) is 5.02 Å². The molecule has 37 heavy (non-hydrogen) atoms. The van der Waals surface area contributed by atoms with Gasteiger partial charge in [0.2, 0.25) is 0 Å². The number of nitrogens with zero attached hydrogens (tertiary/aromatic N) is 3. The summed E-state index contributed by atoms with van der Waals surface area (Å²) in [5.74, 6) is 1.86. The molecule has 4 heteroatoms. The largest absolute Gasteiger partial charge is 0.208 e. The fraction of sp³-hybridized carbons (Fsp3) is 0. The fourth-order valence-corrected chi connectivity index (χ4v) is 4.48. The Morgan fingerprint density at radius 3 is 1.30 bits per heavy atom. The van der Waals surface area contributed by atoms with Crippen LogP contribution in [0.1, 0.15) is 0 Å². The van der Waals surface area contributed by atoms with Crippen molar-refractivity contribution in [2.24, 2.45) is 0 Å². The van der Waals surface area contributed by atoms with Crippen LogP contribution >= 0.6 is 11.6 Å². The van der Waals surface area contributed by atoms with E-state index >= 15 is 0 Å². The molecule has 0 atom stereocenters. The summed E-state index contributed by atoms with van der Waals surface area (Å²) in [6.45, 7) is 0. The molecular weight excluding hydrogens is 474 g/mol. The zero-order valence-corrected chi connectivity index (χ0v) is 20.7. The monoisotopic (exact) mass is 495 g/mol. The van der Waals surface area contributed by atoms with E-state index in [9.17, 15) is 0 Å². The maximum absolute atomic E-state index is 6.14. The summed E-state index contributed by atoms with van der Waals surface area (Å²) in [5.41, 5.74) is 7.33. The Labute approximate surface area is 221 Å². The minimum Gasteiger partial charge on any atom is -0.208 e. The minimum atomic E-state index is 0.605. The van der Waals surface area contributed by atoms with Gasteiger partial charge in [0.15, 0.2) is 17.5 Å². The van der Waals surface area contributed by atoms with Crippen LogP contribution in [0, 0.1) is 0 Å². The molecule has 5 aromatic carbocycles. The van der Waals surface area contributed by atoms with Gasteiger partial charge in [-0.1, -0.05) is 115 Å². The summed E-state index contributed by atoms with van der Waals surface area (Å²) in [6.07, 6.45) is 0. The van der Waals surface area contributed by atoms with Gasteiger partial charge in [-0.25, -0.2) is 15.0 Å². The highest BCUT2D eigenvalue weighted by Gasteiger charge is 2.15. The maximum Gasteiger partial charge on any atom is 0.164 e. The Morgan fingerprint density at radius 2 is 0.757 bits per heavy atom. The number of hydrogen-bond acceptors (Lipinski definition) is 3. The van der Waals surface area contributed by atoms with Crippen molar-refractivity contribution in [2.45, 2.75) is 0 Å². The molecule has 6 aromatic rings. The molecule has 0 N–H and O–H groups in total. The first-order valence-corrected chi connectivity index (χ1v) is 12.5. The van der Waals surface area contributed by atoms with E-state index in [1.807, 2.05) is 66.7 Å². The van der Waals surface area contributed by atoms with Crippen LogP contribution in [0.5, 0.6) is 0 Å². The van der Waals surface area contributed by atoms with Gasteiger partial charge in [0.25, 0.3) is 0 Å². The van der Waals surface area contributed by atoms with Gasteiger partial charge in [0, 0.05) is 21.7 Å². The molecule has 6 rings (SSSR count). The van der Waals surface area contributed by atoms with Crippen molar-refractivity contribution in [1.29, 1.82) is 0 Å². The average molecular weight is 496 g/mol. The third-order valence-electron chi connectivity index (χ3n) is 6.22. The molecular formula is C33H22ClN3. The van der Waals surface area contributed by atoms with Gasteiger partial charge < -0.3 is 0 Å². The molecule has 0 amide bonds. The van der Waals surface area contributed by atoms with Crippen molar-refractivity contribution in [3.63, 3.8) is 0 Å². The average Bonchev–Trinajstić information content (AvgIpc) is 2.98. The van der Waals surface area contributed by atoms with Crippen LogP contribution < -0.4 is 0 Å². The first kappa shape index (κ1) is 22.8. The van der Waals surface area contributed by atoms with Gasteiger partial charge in [-0.05, 0) is 52.6 Å². The summed E-state index contributed by atoms with van der Waals surface area (Å²) in [6, 6.07) is 44.8. The van der Waals surface area contributed by atoms with Crippen LogP contribution in [0.15, 0.2) is 133 Å². The molecule has 0 saturated heterocycles. The van der Waals surface area contributed by atoms with Crippen LogP contribution in [0.3, 0.4) is 0 Å². The minimum absolute atomic E-state index is 0.605. The second-order valence-electron chi connectivity index (χ2n) is 8.67. The predicted molar refractivity (Wildman–Crippen MR) is 152 cm³/mol. The zero-order chi connectivity index (χ0) is 25.0. The Bertz CT molecular complexity index is 1650. The third kappa shape index (κ3) is 4.90. The Morgan fingerprint density at radius 1 is 0.351 bits per heavy atom. The highest BCUT2D eigenvalue weighted by atomic mass is 35.5. The Hall–Kier alpha value is -4.60. The quantitative estimate of drug-likeness (QED) is 0.240. The first-order chi connectivity index (χ1) is 18.2. The zero-order valence-electron chi connectivity index (χ0n) is 19.9. The molecule has 0 spiro atoms. The van der Waals surface area contributed by atoms with Gasteiger partial charge in [-0.15, -0.1) is 0 Å². The smallest absolute Gasteiger partial charge is 0.164 e. The van der Waals surface area contributed by atoms with Gasteiger partial charge in [0.05, 0.1) is 0 Å². The number of rotatable bonds is 5. The van der Waals surface area contributed by atoms with Gasteiger partial charge >= 0.3 is 0 Å². The van der Waals surface area contributed by atoms with Crippen LogP contribution in [-0.2, 0) is 0 Å². The van der Waals surface area contributed by atoms with E-state index in [-0.39, 0.29) is 0 Å². The van der Waals surface area contributed by atoms with Crippen molar-refractivity contribution < 1.29 is 0 Å². The van der Waals surface area contributed by atoms with E-state index in [2.05, 4.69) is 66.7 Å². The van der Waals surface area contributed by atoms with E-state index in [1.165, 1.54) is 0 Å². The van der Waals surface area contributed by atoms with Crippen LogP contribution in [-0.4, -0.2) is 15.0 Å². The standard InChI is InChI=1S/C33H22ClN3/c34-28-19-16-26(17-20-28)32-35-31(25-14-8-3-9-15-25)36-33(37-32)27-18-21-29(23-10-4-1-5-11-23)30(22-27)24-12-6-2-7-13-24/h1-22H. The van der Waals surface area contributed by atoms with Crippen molar-refractivity contribution in [3.8, 4) is 56.4 Å². The van der Waals surface area contributed by atoms with E-state index in [1.54, 1.807) is 0 Å². The van der Waals surface area contributed by atoms with E-state index in [0.29, 0.717) is 22.5 Å². The predicted octanol–water partition coefficient (Wildman–Crippen LogP) is 8.86. The fourth-order valence-electron chi connectivity index (χ4n) is 4.36. The summed E-state index contributed by atoms with van der Waals surface area (Å²) < 4.78 is 0. The molecule has 0 unspecified atom stereocenters. The molecule has 0 aliphatic carbocycles. The number of aromatic nitrogens is 3. The van der Waals surface area contributed by atoms with Crippen molar-refractivity contribution >= 4 is 11.6 Å². The highest BCUT2D eigenvalue weighted by molar-refractivity contribution is 6.30. The maximum atomic E-state index is 6.14. The molecule has 0 saturated carbocycles. The lowest BCUT2D eigenvalue weighted by Crippen LogP contribution is -2.00. The molecule has 0 aliphatic heterocycles. The molecule has 0 aliphatic rings. The molecule has 3 nitrogen and oxygen atoms in total. The molecule has 1 aromatic heterocycles. The van der Waals surface area contributed by atoms with E-state index in [0.717, 1.165) is 38.9 Å². The molecule has 0 fully saturated rings. The molecule has 1 heterocycles. The summed E-state index contributed by atoms with van der Waals surface area (Å²) >= 11 is 6.14. The second kappa shape index (κ2) is 10.2. The van der Waals surface area contributed by atoms with Crippen molar-refractivity contribution in [3.05, 3.63) is 138 Å². The summed E-state index contributed by atoms with van der Waals surface area (Å²) in [7, 11) is 0. The van der Waals surface area contributed by atoms with E-state index < -0.39 is 0 Å². The summed E-state index contributed by atoms with van der Waals surface area (Å²) in [5, 5.41) is 0.672. The Kier molecular flexibility index (Phi) is 6.28.